The minimum atomic E-state index is 0.456. The third-order valence-corrected chi connectivity index (χ3v) is 3.31. The molecule has 0 aliphatic rings. The Hall–Kier alpha value is -2.26. The van der Waals surface area contributed by atoms with Crippen LogP contribution < -0.4 is 10.6 Å². The fourth-order valence-electron chi connectivity index (χ4n) is 1.81. The van der Waals surface area contributed by atoms with Crippen LogP contribution >= 0.6 is 11.8 Å². The number of nitrogens with two attached hydrogens (primary N) is 1. The van der Waals surface area contributed by atoms with Gasteiger partial charge in [0, 0.05) is 19.7 Å². The molecule has 0 saturated heterocycles. The number of rotatable bonds is 4. The van der Waals surface area contributed by atoms with Gasteiger partial charge in [-0.1, -0.05) is 23.9 Å². The van der Waals surface area contributed by atoms with Crippen LogP contribution in [-0.2, 0) is 6.54 Å². The van der Waals surface area contributed by atoms with Crippen LogP contribution in [0.1, 0.15) is 11.1 Å². The van der Waals surface area contributed by atoms with Gasteiger partial charge in [0.1, 0.15) is 11.6 Å². The van der Waals surface area contributed by atoms with Gasteiger partial charge < -0.3 is 10.6 Å². The molecule has 0 fully saturated rings. The Balaban J connectivity index is 2.21. The van der Waals surface area contributed by atoms with Crippen LogP contribution in [0.25, 0.3) is 0 Å². The number of aromatic nitrogens is 2. The molecule has 0 aliphatic carbocycles. The van der Waals surface area contributed by atoms with Crippen molar-refractivity contribution in [3.63, 3.8) is 0 Å². The molecule has 0 bridgehead atoms. The minimum Gasteiger partial charge on any atom is -0.383 e. The quantitative estimate of drug-likeness (QED) is 0.686. The number of nitriles is 1. The molecule has 0 atom stereocenters. The standard InChI is InChI=1S/C14H15N5S/c1-19(9-11-5-3-4-10(6-11)8-15)13-7-12(16)17-14(18-13)20-2/h3-7H,9H2,1-2H3,(H2,16,17,18). The Morgan fingerprint density at radius 2 is 2.15 bits per heavy atom. The molecule has 0 radical (unpaired) electrons. The zero-order valence-electron chi connectivity index (χ0n) is 11.4. The van der Waals surface area contributed by atoms with Crippen molar-refractivity contribution in [1.29, 1.82) is 5.26 Å². The van der Waals surface area contributed by atoms with Crippen LogP contribution in [0.3, 0.4) is 0 Å². The molecule has 2 aromatic rings. The normalized spacial score (nSPS) is 10.1. The van der Waals surface area contributed by atoms with Crippen molar-refractivity contribution in [1.82, 2.24) is 9.97 Å². The highest BCUT2D eigenvalue weighted by Gasteiger charge is 2.08. The van der Waals surface area contributed by atoms with Gasteiger partial charge in [-0.3, -0.25) is 0 Å². The predicted octanol–water partition coefficient (Wildman–Crippen LogP) is 2.29. The number of anilines is 2. The molecule has 0 aliphatic heterocycles. The average Bonchev–Trinajstić information content (AvgIpc) is 2.46. The molecule has 6 heteroatoms. The van der Waals surface area contributed by atoms with Crippen molar-refractivity contribution in [2.24, 2.45) is 0 Å². The van der Waals surface area contributed by atoms with Crippen LogP contribution in [-0.4, -0.2) is 23.3 Å². The van der Waals surface area contributed by atoms with Crippen molar-refractivity contribution >= 4 is 23.4 Å². The van der Waals surface area contributed by atoms with E-state index in [0.717, 1.165) is 11.4 Å². The van der Waals surface area contributed by atoms with Crippen molar-refractivity contribution < 1.29 is 0 Å². The maximum Gasteiger partial charge on any atom is 0.191 e. The molecule has 20 heavy (non-hydrogen) atoms. The Morgan fingerprint density at radius 1 is 1.35 bits per heavy atom. The van der Waals surface area contributed by atoms with Gasteiger partial charge in [-0.2, -0.15) is 5.26 Å². The fraction of sp³-hybridized carbons (Fsp3) is 0.214. The summed E-state index contributed by atoms with van der Waals surface area (Å²) in [7, 11) is 1.94. The average molecular weight is 285 g/mol. The summed E-state index contributed by atoms with van der Waals surface area (Å²) in [6.07, 6.45) is 1.91. The first-order valence-corrected chi connectivity index (χ1v) is 7.23. The SMILES string of the molecule is CSc1nc(N)cc(N(C)Cc2cccc(C#N)c2)n1. The van der Waals surface area contributed by atoms with Crippen molar-refractivity contribution in [2.75, 3.05) is 23.9 Å². The lowest BCUT2D eigenvalue weighted by Crippen LogP contribution is -2.18. The molecule has 0 spiro atoms. The van der Waals surface area contributed by atoms with E-state index >= 15 is 0 Å². The summed E-state index contributed by atoms with van der Waals surface area (Å²) in [6.45, 7) is 0.653. The highest BCUT2D eigenvalue weighted by Crippen LogP contribution is 2.19. The molecule has 5 nitrogen and oxygen atoms in total. The van der Waals surface area contributed by atoms with Crippen LogP contribution in [0, 0.1) is 11.3 Å². The number of thioether (sulfide) groups is 1. The summed E-state index contributed by atoms with van der Waals surface area (Å²) in [6, 6.07) is 11.4. The van der Waals surface area contributed by atoms with Gasteiger partial charge in [0.25, 0.3) is 0 Å². The van der Waals surface area contributed by atoms with E-state index in [4.69, 9.17) is 11.0 Å². The molecular formula is C14H15N5S. The van der Waals surface area contributed by atoms with Crippen LogP contribution in [0.4, 0.5) is 11.6 Å². The van der Waals surface area contributed by atoms with Crippen molar-refractivity contribution in [3.8, 4) is 6.07 Å². The van der Waals surface area contributed by atoms with Crippen molar-refractivity contribution in [3.05, 3.63) is 41.5 Å². The molecule has 1 aromatic heterocycles. The number of hydrogen-bond acceptors (Lipinski definition) is 6. The first kappa shape index (κ1) is 14.2. The maximum absolute atomic E-state index is 8.91. The first-order chi connectivity index (χ1) is 9.62. The van der Waals surface area contributed by atoms with E-state index in [2.05, 4.69) is 16.0 Å². The summed E-state index contributed by atoms with van der Waals surface area (Å²) < 4.78 is 0. The van der Waals surface area contributed by atoms with Gasteiger partial charge >= 0.3 is 0 Å². The van der Waals surface area contributed by atoms with Gasteiger partial charge in [-0.05, 0) is 24.0 Å². The summed E-state index contributed by atoms with van der Waals surface area (Å²) in [5, 5.41) is 9.56. The predicted molar refractivity (Wildman–Crippen MR) is 81.5 cm³/mol. The second kappa shape index (κ2) is 6.26. The molecular weight excluding hydrogens is 270 g/mol. The third-order valence-electron chi connectivity index (χ3n) is 2.76. The number of nitrogen functional groups attached to an aromatic ring is 1. The van der Waals surface area contributed by atoms with E-state index in [1.807, 2.05) is 36.4 Å². The maximum atomic E-state index is 8.91. The smallest absolute Gasteiger partial charge is 0.191 e. The van der Waals surface area contributed by atoms with E-state index in [-0.39, 0.29) is 0 Å². The topological polar surface area (TPSA) is 78.8 Å². The molecule has 102 valence electrons. The van der Waals surface area contributed by atoms with Crippen LogP contribution in [0.5, 0.6) is 0 Å². The Kier molecular flexibility index (Phi) is 4.43. The number of nitrogens with zero attached hydrogens (tertiary/aromatic N) is 4. The summed E-state index contributed by atoms with van der Waals surface area (Å²) >= 11 is 1.45. The van der Waals surface area contributed by atoms with E-state index in [0.29, 0.717) is 23.1 Å². The van der Waals surface area contributed by atoms with Gasteiger partial charge in [-0.15, -0.1) is 0 Å². The molecule has 2 N–H and O–H groups in total. The van der Waals surface area contributed by atoms with E-state index in [9.17, 15) is 0 Å². The lowest BCUT2D eigenvalue weighted by molar-refractivity contribution is 0.859. The third kappa shape index (κ3) is 3.39. The number of hydrogen-bond donors (Lipinski definition) is 1. The highest BCUT2D eigenvalue weighted by molar-refractivity contribution is 7.98. The highest BCUT2D eigenvalue weighted by atomic mass is 32.2. The van der Waals surface area contributed by atoms with Gasteiger partial charge in [0.05, 0.1) is 11.6 Å². The van der Waals surface area contributed by atoms with Crippen LogP contribution in [0.2, 0.25) is 0 Å². The summed E-state index contributed by atoms with van der Waals surface area (Å²) in [5.41, 5.74) is 7.48. The number of benzene rings is 1. The Morgan fingerprint density at radius 3 is 2.85 bits per heavy atom. The van der Waals surface area contributed by atoms with Crippen molar-refractivity contribution in [2.45, 2.75) is 11.7 Å². The molecule has 0 saturated carbocycles. The van der Waals surface area contributed by atoms with Gasteiger partial charge in [0.2, 0.25) is 0 Å². The molecule has 0 unspecified atom stereocenters. The van der Waals surface area contributed by atoms with Gasteiger partial charge in [0.15, 0.2) is 5.16 Å². The Labute approximate surface area is 122 Å². The Bertz CT molecular complexity index is 650. The first-order valence-electron chi connectivity index (χ1n) is 6.01. The lowest BCUT2D eigenvalue weighted by atomic mass is 10.1. The zero-order valence-corrected chi connectivity index (χ0v) is 12.2. The molecule has 1 heterocycles. The molecule has 1 aromatic carbocycles. The second-order valence-corrected chi connectivity index (χ2v) is 5.08. The van der Waals surface area contributed by atoms with E-state index in [1.165, 1.54) is 11.8 Å². The van der Waals surface area contributed by atoms with E-state index in [1.54, 1.807) is 12.1 Å². The monoisotopic (exact) mass is 285 g/mol. The van der Waals surface area contributed by atoms with Gasteiger partial charge in [-0.25, -0.2) is 9.97 Å². The second-order valence-electron chi connectivity index (χ2n) is 4.31. The minimum absolute atomic E-state index is 0.456. The van der Waals surface area contributed by atoms with E-state index < -0.39 is 0 Å². The lowest BCUT2D eigenvalue weighted by Gasteiger charge is -2.19. The largest absolute Gasteiger partial charge is 0.383 e. The molecule has 2 rings (SSSR count). The molecule has 0 amide bonds. The van der Waals surface area contributed by atoms with Crippen LogP contribution in [0.15, 0.2) is 35.5 Å². The summed E-state index contributed by atoms with van der Waals surface area (Å²) in [4.78, 5) is 10.5. The zero-order chi connectivity index (χ0) is 14.5. The summed E-state index contributed by atoms with van der Waals surface area (Å²) in [5.74, 6) is 1.22. The fourth-order valence-corrected chi connectivity index (χ4v) is 2.19.